The van der Waals surface area contributed by atoms with Crippen LogP contribution in [0.25, 0.3) is 11.5 Å². The maximum atomic E-state index is 9.61. The Morgan fingerprint density at radius 2 is 2.14 bits per heavy atom. The maximum absolute atomic E-state index is 9.61. The average molecular weight is 286 g/mol. The second kappa shape index (κ2) is 6.41. The molecular formula is C17H22N2O2. The minimum atomic E-state index is 0.213. The van der Waals surface area contributed by atoms with Crippen molar-refractivity contribution in [2.75, 3.05) is 13.2 Å². The van der Waals surface area contributed by atoms with Gasteiger partial charge in [0.15, 0.2) is 0 Å². The van der Waals surface area contributed by atoms with E-state index in [1.165, 1.54) is 12.8 Å². The van der Waals surface area contributed by atoms with Gasteiger partial charge in [0.1, 0.15) is 6.26 Å². The van der Waals surface area contributed by atoms with Crippen molar-refractivity contribution in [2.45, 2.75) is 32.4 Å². The number of benzene rings is 1. The third-order valence-corrected chi connectivity index (χ3v) is 4.36. The largest absolute Gasteiger partial charge is 0.444 e. The fraction of sp³-hybridized carbons (Fsp3) is 0.471. The standard InChI is InChI=1S/C17H22N2O2/c1-13-6-5-9-19(16(13)11-20)10-15-12-21-17(18-15)14-7-3-2-4-8-14/h2-4,7-8,12-13,16,20H,5-6,9-11H2,1H3. The maximum Gasteiger partial charge on any atom is 0.226 e. The average Bonchev–Trinajstić information content (AvgIpc) is 2.97. The zero-order valence-corrected chi connectivity index (χ0v) is 12.4. The van der Waals surface area contributed by atoms with Crippen molar-refractivity contribution in [1.29, 1.82) is 0 Å². The van der Waals surface area contributed by atoms with Gasteiger partial charge in [0, 0.05) is 18.2 Å². The van der Waals surface area contributed by atoms with Crippen LogP contribution in [0.1, 0.15) is 25.5 Å². The van der Waals surface area contributed by atoms with E-state index in [-0.39, 0.29) is 12.6 Å². The molecule has 0 aliphatic carbocycles. The highest BCUT2D eigenvalue weighted by molar-refractivity contribution is 5.52. The molecule has 0 amide bonds. The number of nitrogens with zero attached hydrogens (tertiary/aromatic N) is 2. The summed E-state index contributed by atoms with van der Waals surface area (Å²) in [5.74, 6) is 1.19. The quantitative estimate of drug-likeness (QED) is 0.939. The molecule has 3 rings (SSSR count). The lowest BCUT2D eigenvalue weighted by Crippen LogP contribution is -2.46. The molecule has 0 saturated carbocycles. The summed E-state index contributed by atoms with van der Waals surface area (Å²) in [4.78, 5) is 6.90. The summed E-state index contributed by atoms with van der Waals surface area (Å²) >= 11 is 0. The first-order valence-corrected chi connectivity index (χ1v) is 7.62. The van der Waals surface area contributed by atoms with Gasteiger partial charge in [0.25, 0.3) is 0 Å². The minimum absolute atomic E-state index is 0.213. The van der Waals surface area contributed by atoms with Crippen LogP contribution in [0.4, 0.5) is 0 Å². The van der Waals surface area contributed by atoms with Crippen LogP contribution < -0.4 is 0 Å². The van der Waals surface area contributed by atoms with Crippen molar-refractivity contribution in [2.24, 2.45) is 5.92 Å². The molecule has 1 aliphatic heterocycles. The van der Waals surface area contributed by atoms with Gasteiger partial charge in [-0.1, -0.05) is 25.1 Å². The SMILES string of the molecule is CC1CCCN(Cc2coc(-c3ccccc3)n2)C1CO. The minimum Gasteiger partial charge on any atom is -0.444 e. The zero-order valence-electron chi connectivity index (χ0n) is 12.4. The molecular weight excluding hydrogens is 264 g/mol. The van der Waals surface area contributed by atoms with Gasteiger partial charge in [-0.15, -0.1) is 0 Å². The van der Waals surface area contributed by atoms with Gasteiger partial charge in [-0.3, -0.25) is 4.90 Å². The number of aromatic nitrogens is 1. The van der Waals surface area contributed by atoms with Crippen LogP contribution in [-0.2, 0) is 6.54 Å². The zero-order chi connectivity index (χ0) is 14.7. The van der Waals surface area contributed by atoms with Crippen molar-refractivity contribution >= 4 is 0 Å². The number of hydrogen-bond donors (Lipinski definition) is 1. The van der Waals surface area contributed by atoms with E-state index in [9.17, 15) is 5.11 Å². The van der Waals surface area contributed by atoms with Crippen molar-refractivity contribution in [1.82, 2.24) is 9.88 Å². The molecule has 2 unspecified atom stereocenters. The number of aliphatic hydroxyl groups excluding tert-OH is 1. The molecule has 1 aliphatic rings. The van der Waals surface area contributed by atoms with Gasteiger partial charge >= 0.3 is 0 Å². The fourth-order valence-electron chi connectivity index (χ4n) is 3.13. The third-order valence-electron chi connectivity index (χ3n) is 4.36. The second-order valence-corrected chi connectivity index (χ2v) is 5.85. The monoisotopic (exact) mass is 286 g/mol. The number of oxazole rings is 1. The molecule has 2 heterocycles. The van der Waals surface area contributed by atoms with E-state index in [1.807, 2.05) is 30.3 Å². The summed E-state index contributed by atoms with van der Waals surface area (Å²) in [6.45, 7) is 4.19. The molecule has 1 fully saturated rings. The fourth-order valence-corrected chi connectivity index (χ4v) is 3.13. The molecule has 112 valence electrons. The predicted molar refractivity (Wildman–Crippen MR) is 81.6 cm³/mol. The van der Waals surface area contributed by atoms with Gasteiger partial charge in [-0.2, -0.15) is 0 Å². The predicted octanol–water partition coefficient (Wildman–Crippen LogP) is 2.93. The van der Waals surface area contributed by atoms with E-state index >= 15 is 0 Å². The van der Waals surface area contributed by atoms with Crippen molar-refractivity contribution in [3.63, 3.8) is 0 Å². The van der Waals surface area contributed by atoms with Crippen molar-refractivity contribution in [3.8, 4) is 11.5 Å². The van der Waals surface area contributed by atoms with Gasteiger partial charge in [-0.25, -0.2) is 4.98 Å². The van der Waals surface area contributed by atoms with Gasteiger partial charge < -0.3 is 9.52 Å². The molecule has 2 aromatic rings. The molecule has 1 aromatic heterocycles. The van der Waals surface area contributed by atoms with E-state index in [0.29, 0.717) is 11.8 Å². The van der Waals surface area contributed by atoms with Crippen LogP contribution >= 0.6 is 0 Å². The molecule has 0 spiro atoms. The molecule has 4 heteroatoms. The van der Waals surface area contributed by atoms with Crippen LogP contribution in [-0.4, -0.2) is 34.2 Å². The summed E-state index contributed by atoms with van der Waals surface area (Å²) in [5.41, 5.74) is 1.93. The Bertz CT molecular complexity index is 567. The Balaban J connectivity index is 1.72. The summed E-state index contributed by atoms with van der Waals surface area (Å²) in [6.07, 6.45) is 4.10. The van der Waals surface area contributed by atoms with Crippen LogP contribution in [0.5, 0.6) is 0 Å². The molecule has 0 radical (unpaired) electrons. The van der Waals surface area contributed by atoms with E-state index < -0.39 is 0 Å². The number of piperidine rings is 1. The van der Waals surface area contributed by atoms with Crippen LogP contribution in [0.3, 0.4) is 0 Å². The Labute approximate surface area is 125 Å². The van der Waals surface area contributed by atoms with Gasteiger partial charge in [-0.05, 0) is 37.4 Å². The number of hydrogen-bond acceptors (Lipinski definition) is 4. The molecule has 21 heavy (non-hydrogen) atoms. The summed E-state index contributed by atoms with van der Waals surface area (Å²) < 4.78 is 5.59. The smallest absolute Gasteiger partial charge is 0.226 e. The summed E-state index contributed by atoms with van der Waals surface area (Å²) in [5, 5.41) is 9.61. The number of likely N-dealkylation sites (tertiary alicyclic amines) is 1. The third kappa shape index (κ3) is 3.17. The molecule has 4 nitrogen and oxygen atoms in total. The Morgan fingerprint density at radius 1 is 1.33 bits per heavy atom. The first-order valence-electron chi connectivity index (χ1n) is 7.62. The first kappa shape index (κ1) is 14.3. The van der Waals surface area contributed by atoms with E-state index in [0.717, 1.165) is 24.3 Å². The van der Waals surface area contributed by atoms with E-state index in [2.05, 4.69) is 16.8 Å². The van der Waals surface area contributed by atoms with E-state index in [1.54, 1.807) is 6.26 Å². The Hall–Kier alpha value is -1.65. The number of aliphatic hydroxyl groups is 1. The molecule has 1 N–H and O–H groups in total. The van der Waals surface area contributed by atoms with Crippen molar-refractivity contribution in [3.05, 3.63) is 42.3 Å². The highest BCUT2D eigenvalue weighted by atomic mass is 16.3. The lowest BCUT2D eigenvalue weighted by atomic mass is 9.91. The second-order valence-electron chi connectivity index (χ2n) is 5.85. The van der Waals surface area contributed by atoms with Crippen LogP contribution in [0.2, 0.25) is 0 Å². The van der Waals surface area contributed by atoms with Gasteiger partial charge in [0.05, 0.1) is 12.3 Å². The Kier molecular flexibility index (Phi) is 4.36. The van der Waals surface area contributed by atoms with Crippen LogP contribution in [0, 0.1) is 5.92 Å². The van der Waals surface area contributed by atoms with Crippen molar-refractivity contribution < 1.29 is 9.52 Å². The molecule has 1 saturated heterocycles. The topological polar surface area (TPSA) is 49.5 Å². The highest BCUT2D eigenvalue weighted by Gasteiger charge is 2.28. The highest BCUT2D eigenvalue weighted by Crippen LogP contribution is 2.25. The Morgan fingerprint density at radius 3 is 2.90 bits per heavy atom. The lowest BCUT2D eigenvalue weighted by molar-refractivity contribution is 0.0463. The normalized spacial score (nSPS) is 23.3. The first-order chi connectivity index (χ1) is 10.3. The van der Waals surface area contributed by atoms with E-state index in [4.69, 9.17) is 4.42 Å². The molecule has 2 atom stereocenters. The van der Waals surface area contributed by atoms with Crippen LogP contribution in [0.15, 0.2) is 41.0 Å². The number of rotatable bonds is 4. The lowest BCUT2D eigenvalue weighted by Gasteiger charge is -2.38. The summed E-state index contributed by atoms with van der Waals surface area (Å²) in [7, 11) is 0. The summed E-state index contributed by atoms with van der Waals surface area (Å²) in [6, 6.07) is 10.2. The molecule has 0 bridgehead atoms. The van der Waals surface area contributed by atoms with Gasteiger partial charge in [0.2, 0.25) is 5.89 Å². The molecule has 1 aromatic carbocycles.